The van der Waals surface area contributed by atoms with E-state index < -0.39 is 0 Å². The van der Waals surface area contributed by atoms with E-state index in [9.17, 15) is 4.79 Å². The van der Waals surface area contributed by atoms with Crippen LogP contribution in [0.25, 0.3) is 0 Å². The summed E-state index contributed by atoms with van der Waals surface area (Å²) in [5.41, 5.74) is 3.05. The molecule has 1 aromatic carbocycles. The van der Waals surface area contributed by atoms with Crippen LogP contribution in [-0.2, 0) is 11.2 Å². The van der Waals surface area contributed by atoms with Crippen molar-refractivity contribution >= 4 is 18.3 Å². The smallest absolute Gasteiger partial charge is 0.219 e. The molecular weight excluding hydrogens is 332 g/mol. The zero-order chi connectivity index (χ0) is 16.9. The van der Waals surface area contributed by atoms with Gasteiger partial charge in [0.2, 0.25) is 5.91 Å². The normalized spacial score (nSPS) is 19.4. The number of likely N-dealkylation sites (tertiary alicyclic amines) is 1. The number of amides is 1. The van der Waals surface area contributed by atoms with Crippen LogP contribution < -0.4 is 0 Å². The van der Waals surface area contributed by atoms with Crippen molar-refractivity contribution in [2.45, 2.75) is 58.0 Å². The van der Waals surface area contributed by atoms with Crippen LogP contribution in [0.1, 0.15) is 45.1 Å². The van der Waals surface area contributed by atoms with Gasteiger partial charge in [-0.1, -0.05) is 42.0 Å². The van der Waals surface area contributed by atoms with Gasteiger partial charge in [-0.2, -0.15) is 0 Å². The highest BCUT2D eigenvalue weighted by Gasteiger charge is 2.31. The minimum Gasteiger partial charge on any atom is -0.340 e. The Bertz CT molecular complexity index is 579. The highest BCUT2D eigenvalue weighted by molar-refractivity contribution is 5.85. The molecular formula is C21H31ClN2O. The number of halogens is 1. The molecule has 0 radical (unpaired) electrons. The number of hydrogen-bond acceptors (Lipinski definition) is 2. The highest BCUT2D eigenvalue weighted by atomic mass is 35.5. The van der Waals surface area contributed by atoms with Crippen molar-refractivity contribution in [1.82, 2.24) is 9.80 Å². The second-order valence-corrected chi connectivity index (χ2v) is 7.10. The van der Waals surface area contributed by atoms with Gasteiger partial charge in [0.25, 0.3) is 0 Å². The van der Waals surface area contributed by atoms with Crippen LogP contribution in [0.3, 0.4) is 0 Å². The number of hydrogen-bond donors (Lipinski definition) is 0. The van der Waals surface area contributed by atoms with Gasteiger partial charge >= 0.3 is 0 Å². The molecule has 1 unspecified atom stereocenters. The van der Waals surface area contributed by atoms with Gasteiger partial charge in [-0.3, -0.25) is 9.69 Å². The standard InChI is InChI=1S/C21H30N2O.ClH/c1-3-23(17(2)24)20-12-14-22(15-13-20)21(19-10-7-11-19)16-18-8-5-4-6-9-18;/h4-6,8-10,20-21H,3,7,11-16H2,1-2H3;1H. The molecule has 2 aliphatic rings. The number of rotatable bonds is 6. The summed E-state index contributed by atoms with van der Waals surface area (Å²) in [6, 6.07) is 11.8. The fraction of sp³-hybridized carbons (Fsp3) is 0.571. The lowest BCUT2D eigenvalue weighted by atomic mass is 9.86. The van der Waals surface area contributed by atoms with E-state index in [4.69, 9.17) is 0 Å². The van der Waals surface area contributed by atoms with E-state index in [2.05, 4.69) is 48.2 Å². The molecule has 4 heteroatoms. The molecule has 1 fully saturated rings. The molecule has 3 rings (SSSR count). The Balaban J connectivity index is 0.00000225. The molecule has 1 amide bonds. The Morgan fingerprint density at radius 3 is 2.36 bits per heavy atom. The van der Waals surface area contributed by atoms with Crippen LogP contribution in [0.15, 0.2) is 42.0 Å². The number of allylic oxidation sites excluding steroid dienone is 1. The van der Waals surface area contributed by atoms with Crippen molar-refractivity contribution in [3.05, 3.63) is 47.5 Å². The average Bonchev–Trinajstić information content (AvgIpc) is 2.55. The molecule has 1 heterocycles. The largest absolute Gasteiger partial charge is 0.340 e. The van der Waals surface area contributed by atoms with Gasteiger partial charge in [-0.25, -0.2) is 0 Å². The molecule has 1 aromatic rings. The van der Waals surface area contributed by atoms with E-state index in [0.717, 1.165) is 38.9 Å². The monoisotopic (exact) mass is 362 g/mol. The number of carbonyl (C=O) groups is 1. The van der Waals surface area contributed by atoms with Crippen LogP contribution in [0, 0.1) is 0 Å². The predicted octanol–water partition coefficient (Wildman–Crippen LogP) is 4.07. The lowest BCUT2D eigenvalue weighted by Gasteiger charge is -2.43. The van der Waals surface area contributed by atoms with Gasteiger partial charge < -0.3 is 4.90 Å². The van der Waals surface area contributed by atoms with E-state index in [1.165, 1.54) is 18.4 Å². The Labute approximate surface area is 158 Å². The van der Waals surface area contributed by atoms with Crippen molar-refractivity contribution < 1.29 is 4.79 Å². The summed E-state index contributed by atoms with van der Waals surface area (Å²) in [6.07, 6.45) is 8.24. The lowest BCUT2D eigenvalue weighted by molar-refractivity contribution is -0.131. The number of benzene rings is 1. The molecule has 1 aliphatic heterocycles. The van der Waals surface area contributed by atoms with Crippen molar-refractivity contribution in [2.24, 2.45) is 0 Å². The van der Waals surface area contributed by atoms with Crippen molar-refractivity contribution in [2.75, 3.05) is 19.6 Å². The Kier molecular flexibility index (Phi) is 7.52. The summed E-state index contributed by atoms with van der Waals surface area (Å²) in [5, 5.41) is 0. The van der Waals surface area contributed by atoms with Crippen LogP contribution in [-0.4, -0.2) is 47.4 Å². The maximum absolute atomic E-state index is 11.8. The Morgan fingerprint density at radius 2 is 1.88 bits per heavy atom. The van der Waals surface area contributed by atoms with Gasteiger partial charge in [0.1, 0.15) is 0 Å². The quantitative estimate of drug-likeness (QED) is 0.712. The second kappa shape index (κ2) is 9.40. The SMILES string of the molecule is CCN(C(C)=O)C1CCN(C(Cc2ccccc2)C2=CCC2)CC1.Cl. The molecule has 0 aromatic heterocycles. The Morgan fingerprint density at radius 1 is 1.24 bits per heavy atom. The summed E-state index contributed by atoms with van der Waals surface area (Å²) >= 11 is 0. The first kappa shape index (κ1) is 20.0. The first-order valence-corrected chi connectivity index (χ1v) is 9.43. The molecule has 1 aliphatic carbocycles. The molecule has 0 saturated carbocycles. The maximum atomic E-state index is 11.8. The Hall–Kier alpha value is -1.32. The van der Waals surface area contributed by atoms with Crippen LogP contribution >= 0.6 is 12.4 Å². The van der Waals surface area contributed by atoms with Crippen molar-refractivity contribution in [3.63, 3.8) is 0 Å². The van der Waals surface area contributed by atoms with E-state index >= 15 is 0 Å². The van der Waals surface area contributed by atoms with Gasteiger partial charge in [-0.05, 0) is 44.6 Å². The number of carbonyl (C=O) groups excluding carboxylic acids is 1. The van der Waals surface area contributed by atoms with Crippen LogP contribution in [0.4, 0.5) is 0 Å². The fourth-order valence-electron chi connectivity index (χ4n) is 4.19. The first-order chi connectivity index (χ1) is 11.7. The predicted molar refractivity (Wildman–Crippen MR) is 106 cm³/mol. The summed E-state index contributed by atoms with van der Waals surface area (Å²) in [7, 11) is 0. The van der Waals surface area contributed by atoms with E-state index in [0.29, 0.717) is 12.1 Å². The second-order valence-electron chi connectivity index (χ2n) is 7.10. The van der Waals surface area contributed by atoms with Gasteiger partial charge in [-0.15, -0.1) is 12.4 Å². The minimum absolute atomic E-state index is 0. The third-order valence-electron chi connectivity index (χ3n) is 5.67. The van der Waals surface area contributed by atoms with E-state index in [1.54, 1.807) is 12.5 Å². The summed E-state index contributed by atoms with van der Waals surface area (Å²) in [6.45, 7) is 6.82. The van der Waals surface area contributed by atoms with Gasteiger partial charge in [0.15, 0.2) is 0 Å². The lowest BCUT2D eigenvalue weighted by Crippen LogP contribution is -2.50. The van der Waals surface area contributed by atoms with Crippen LogP contribution in [0.5, 0.6) is 0 Å². The van der Waals surface area contributed by atoms with Gasteiger partial charge in [0, 0.05) is 38.6 Å². The van der Waals surface area contributed by atoms with Crippen molar-refractivity contribution in [3.8, 4) is 0 Å². The zero-order valence-corrected chi connectivity index (χ0v) is 16.3. The first-order valence-electron chi connectivity index (χ1n) is 9.43. The number of nitrogens with zero attached hydrogens (tertiary/aromatic N) is 2. The topological polar surface area (TPSA) is 23.6 Å². The maximum Gasteiger partial charge on any atom is 0.219 e. The zero-order valence-electron chi connectivity index (χ0n) is 15.5. The van der Waals surface area contributed by atoms with E-state index in [1.807, 2.05) is 4.90 Å². The molecule has 1 saturated heterocycles. The summed E-state index contributed by atoms with van der Waals surface area (Å²) < 4.78 is 0. The summed E-state index contributed by atoms with van der Waals surface area (Å²) in [5.74, 6) is 0.221. The third-order valence-corrected chi connectivity index (χ3v) is 5.67. The third kappa shape index (κ3) is 4.86. The average molecular weight is 363 g/mol. The highest BCUT2D eigenvalue weighted by Crippen LogP contribution is 2.30. The van der Waals surface area contributed by atoms with Crippen molar-refractivity contribution in [1.29, 1.82) is 0 Å². The summed E-state index contributed by atoms with van der Waals surface area (Å²) in [4.78, 5) is 16.5. The number of piperidine rings is 1. The molecule has 1 atom stereocenters. The van der Waals surface area contributed by atoms with E-state index in [-0.39, 0.29) is 18.3 Å². The van der Waals surface area contributed by atoms with Gasteiger partial charge in [0.05, 0.1) is 0 Å². The molecule has 138 valence electrons. The molecule has 25 heavy (non-hydrogen) atoms. The fourth-order valence-corrected chi connectivity index (χ4v) is 4.19. The molecule has 0 bridgehead atoms. The molecule has 3 nitrogen and oxygen atoms in total. The molecule has 0 N–H and O–H groups in total. The minimum atomic E-state index is 0. The molecule has 0 spiro atoms. The van der Waals surface area contributed by atoms with Crippen LogP contribution in [0.2, 0.25) is 0 Å².